The summed E-state index contributed by atoms with van der Waals surface area (Å²) in [6, 6.07) is 6.07. The number of halogens is 1. The average Bonchev–Trinajstić information content (AvgIpc) is 3.46. The third-order valence-electron chi connectivity index (χ3n) is 5.39. The van der Waals surface area contributed by atoms with Gasteiger partial charge in [0, 0.05) is 37.6 Å². The van der Waals surface area contributed by atoms with Crippen LogP contribution in [-0.2, 0) is 4.79 Å². The van der Waals surface area contributed by atoms with Crippen LogP contribution < -0.4 is 10.6 Å². The number of hydrogen-bond acceptors (Lipinski definition) is 6. The van der Waals surface area contributed by atoms with Crippen LogP contribution in [0.5, 0.6) is 0 Å². The molecule has 1 aliphatic carbocycles. The number of carbonyl (C=O) groups excluding carboxylic acids is 1. The first-order valence-corrected chi connectivity index (χ1v) is 10.2. The number of fused-ring (bicyclic) bond motifs is 2. The first kappa shape index (κ1) is 18.0. The molecule has 0 unspecified atom stereocenters. The van der Waals surface area contributed by atoms with Crippen molar-refractivity contribution in [3.05, 3.63) is 41.4 Å². The molecule has 2 N–H and O–H groups in total. The molecule has 148 valence electrons. The largest absolute Gasteiger partial charge is 0.359 e. The lowest BCUT2D eigenvalue weighted by atomic mass is 10.1. The second kappa shape index (κ2) is 7.11. The van der Waals surface area contributed by atoms with Crippen LogP contribution in [0.25, 0.3) is 22.2 Å². The lowest BCUT2D eigenvalue weighted by Gasteiger charge is -2.13. The maximum Gasteiger partial charge on any atom is 0.224 e. The van der Waals surface area contributed by atoms with Gasteiger partial charge in [0.1, 0.15) is 4.60 Å². The predicted octanol–water partition coefficient (Wildman–Crippen LogP) is 2.55. The van der Waals surface area contributed by atoms with E-state index in [0.717, 1.165) is 35.9 Å². The van der Waals surface area contributed by atoms with Crippen LogP contribution in [0.1, 0.15) is 19.3 Å². The highest BCUT2D eigenvalue weighted by atomic mass is 79.9. The van der Waals surface area contributed by atoms with E-state index >= 15 is 0 Å². The van der Waals surface area contributed by atoms with E-state index in [-0.39, 0.29) is 17.9 Å². The molecule has 0 bridgehead atoms. The van der Waals surface area contributed by atoms with Gasteiger partial charge in [-0.2, -0.15) is 15.2 Å². The van der Waals surface area contributed by atoms with E-state index in [9.17, 15) is 4.79 Å². The predicted molar refractivity (Wildman–Crippen MR) is 112 cm³/mol. The number of amides is 1. The number of nitrogens with zero attached hydrogens (tertiary/aromatic N) is 6. The normalized spacial score (nSPS) is 19.1. The summed E-state index contributed by atoms with van der Waals surface area (Å²) in [6.07, 6.45) is 7.98. The smallest absolute Gasteiger partial charge is 0.224 e. The molecule has 1 amide bonds. The van der Waals surface area contributed by atoms with Gasteiger partial charge in [-0.3, -0.25) is 4.79 Å². The van der Waals surface area contributed by atoms with Gasteiger partial charge in [0.15, 0.2) is 5.65 Å². The fourth-order valence-electron chi connectivity index (χ4n) is 3.90. The topological polar surface area (TPSA) is 102 Å². The zero-order valence-corrected chi connectivity index (χ0v) is 17.3. The lowest BCUT2D eigenvalue weighted by Crippen LogP contribution is -2.27. The minimum atomic E-state index is 0.0447. The van der Waals surface area contributed by atoms with Gasteiger partial charge in [-0.25, -0.2) is 14.2 Å². The van der Waals surface area contributed by atoms with Gasteiger partial charge in [-0.1, -0.05) is 0 Å². The molecule has 29 heavy (non-hydrogen) atoms. The third kappa shape index (κ3) is 3.23. The van der Waals surface area contributed by atoms with Gasteiger partial charge in [-0.15, -0.1) is 0 Å². The van der Waals surface area contributed by atoms with E-state index in [1.54, 1.807) is 28.6 Å². The van der Waals surface area contributed by atoms with E-state index in [0.29, 0.717) is 16.2 Å². The molecule has 0 aliphatic heterocycles. The molecule has 9 nitrogen and oxygen atoms in total. The summed E-state index contributed by atoms with van der Waals surface area (Å²) in [7, 11) is 1.68. The van der Waals surface area contributed by atoms with Crippen molar-refractivity contribution in [2.45, 2.75) is 25.3 Å². The van der Waals surface area contributed by atoms with Crippen LogP contribution >= 0.6 is 15.9 Å². The Morgan fingerprint density at radius 2 is 2.21 bits per heavy atom. The van der Waals surface area contributed by atoms with Crippen LogP contribution in [-0.4, -0.2) is 48.4 Å². The number of nitrogens with one attached hydrogen (secondary N) is 2. The lowest BCUT2D eigenvalue weighted by molar-refractivity contribution is -0.124. The van der Waals surface area contributed by atoms with E-state index in [1.165, 1.54) is 0 Å². The fourth-order valence-corrected chi connectivity index (χ4v) is 4.34. The van der Waals surface area contributed by atoms with Crippen molar-refractivity contribution in [2.75, 3.05) is 12.4 Å². The minimum absolute atomic E-state index is 0.0447. The van der Waals surface area contributed by atoms with Gasteiger partial charge in [0.2, 0.25) is 11.9 Å². The number of rotatable bonds is 4. The monoisotopic (exact) mass is 454 g/mol. The average molecular weight is 455 g/mol. The second-order valence-corrected chi connectivity index (χ2v) is 7.94. The number of aromatic nitrogens is 6. The maximum atomic E-state index is 11.9. The minimum Gasteiger partial charge on any atom is -0.359 e. The highest BCUT2D eigenvalue weighted by Crippen LogP contribution is 2.29. The molecule has 1 saturated carbocycles. The highest BCUT2D eigenvalue weighted by Gasteiger charge is 2.29. The zero-order valence-electron chi connectivity index (χ0n) is 15.7. The van der Waals surface area contributed by atoms with Crippen molar-refractivity contribution in [1.29, 1.82) is 0 Å². The summed E-state index contributed by atoms with van der Waals surface area (Å²) < 4.78 is 4.28. The van der Waals surface area contributed by atoms with Crippen LogP contribution in [0.2, 0.25) is 0 Å². The molecule has 1 fully saturated rings. The third-order valence-corrected chi connectivity index (χ3v) is 5.98. The van der Waals surface area contributed by atoms with Crippen molar-refractivity contribution in [1.82, 2.24) is 34.7 Å². The van der Waals surface area contributed by atoms with Crippen LogP contribution in [0.4, 0.5) is 5.95 Å². The van der Waals surface area contributed by atoms with Crippen LogP contribution in [0, 0.1) is 5.92 Å². The number of anilines is 1. The van der Waals surface area contributed by atoms with Gasteiger partial charge < -0.3 is 10.6 Å². The maximum absolute atomic E-state index is 11.9. The van der Waals surface area contributed by atoms with Crippen molar-refractivity contribution in [2.24, 2.45) is 5.92 Å². The molecular formula is C19H19BrN8O. The molecule has 1 aliphatic rings. The quantitative estimate of drug-likeness (QED) is 0.491. The summed E-state index contributed by atoms with van der Waals surface area (Å²) >= 11 is 3.51. The first-order valence-electron chi connectivity index (χ1n) is 9.45. The highest BCUT2D eigenvalue weighted by molar-refractivity contribution is 9.10. The summed E-state index contributed by atoms with van der Waals surface area (Å²) in [5.74, 6) is 0.686. The number of carbonyl (C=O) groups is 1. The zero-order chi connectivity index (χ0) is 20.0. The Hall–Kier alpha value is -3.01. The Balaban J connectivity index is 1.47. The number of pyridine rings is 1. The van der Waals surface area contributed by atoms with Crippen LogP contribution in [0.15, 0.2) is 41.4 Å². The SMILES string of the molecule is CNC(=O)[C@@H]1CC[C@@H](Nc2ncc3c(Br)nn(-c4ccn5nccc5c4)c3n2)C1. The molecular weight excluding hydrogens is 436 g/mol. The fraction of sp³-hybridized carbons (Fsp3) is 0.316. The van der Waals surface area contributed by atoms with Crippen molar-refractivity contribution in [3.8, 4) is 5.69 Å². The van der Waals surface area contributed by atoms with Gasteiger partial charge >= 0.3 is 0 Å². The second-order valence-electron chi connectivity index (χ2n) is 7.18. The number of hydrogen-bond donors (Lipinski definition) is 2. The van der Waals surface area contributed by atoms with Gasteiger partial charge in [-0.05, 0) is 53.4 Å². The van der Waals surface area contributed by atoms with E-state index < -0.39 is 0 Å². The van der Waals surface area contributed by atoms with Crippen molar-refractivity contribution < 1.29 is 4.79 Å². The Morgan fingerprint density at radius 3 is 3.07 bits per heavy atom. The molecule has 0 spiro atoms. The molecule has 4 aromatic heterocycles. The van der Waals surface area contributed by atoms with Gasteiger partial charge in [0.25, 0.3) is 0 Å². The van der Waals surface area contributed by atoms with E-state index in [2.05, 4.69) is 41.7 Å². The summed E-state index contributed by atoms with van der Waals surface area (Å²) in [5.41, 5.74) is 2.57. The summed E-state index contributed by atoms with van der Waals surface area (Å²) in [4.78, 5) is 21.0. The molecule has 5 rings (SSSR count). The molecule has 0 saturated heterocycles. The summed E-state index contributed by atoms with van der Waals surface area (Å²) in [6.45, 7) is 0. The molecule has 2 atom stereocenters. The molecule has 0 radical (unpaired) electrons. The Kier molecular flexibility index (Phi) is 4.42. The van der Waals surface area contributed by atoms with Crippen molar-refractivity contribution >= 4 is 44.3 Å². The van der Waals surface area contributed by atoms with E-state index in [4.69, 9.17) is 4.98 Å². The Bertz CT molecular complexity index is 1220. The van der Waals surface area contributed by atoms with Crippen LogP contribution in [0.3, 0.4) is 0 Å². The Morgan fingerprint density at radius 1 is 1.31 bits per heavy atom. The molecule has 4 heterocycles. The standard InChI is InChI=1S/C19H19BrN8O/c1-21-18(29)11-2-3-12(8-11)24-19-22-10-15-16(20)26-28(17(15)25-19)14-5-7-27-13(9-14)4-6-23-27/h4-7,9-12H,2-3,8H2,1H3,(H,21,29)(H,22,24,25)/t11-,12-/m1/s1. The Labute approximate surface area is 174 Å². The van der Waals surface area contributed by atoms with E-state index in [1.807, 2.05) is 24.4 Å². The first-order chi connectivity index (χ1) is 14.1. The molecule has 0 aromatic carbocycles. The van der Waals surface area contributed by atoms with Crippen molar-refractivity contribution in [3.63, 3.8) is 0 Å². The molecule has 4 aromatic rings. The molecule has 10 heteroatoms. The summed E-state index contributed by atoms with van der Waals surface area (Å²) in [5, 5.41) is 15.8. The van der Waals surface area contributed by atoms with Gasteiger partial charge in [0.05, 0.1) is 16.6 Å².